The molecule has 0 saturated carbocycles. The van der Waals surface area contributed by atoms with Crippen molar-refractivity contribution in [3.8, 4) is 34.0 Å². The lowest BCUT2D eigenvalue weighted by atomic mass is 10.0. The van der Waals surface area contributed by atoms with Crippen molar-refractivity contribution in [2.24, 2.45) is 0 Å². The number of hydrogen-bond acceptors (Lipinski definition) is 9. The van der Waals surface area contributed by atoms with E-state index in [0.717, 1.165) is 40.9 Å². The van der Waals surface area contributed by atoms with E-state index in [4.69, 9.17) is 19.1 Å². The highest BCUT2D eigenvalue weighted by atomic mass is 16.6. The zero-order chi connectivity index (χ0) is 34.0. The third-order valence-corrected chi connectivity index (χ3v) is 8.30. The molecule has 0 radical (unpaired) electrons. The van der Waals surface area contributed by atoms with Crippen molar-refractivity contribution in [1.29, 1.82) is 0 Å². The van der Waals surface area contributed by atoms with Gasteiger partial charge in [-0.15, -0.1) is 0 Å². The minimum absolute atomic E-state index is 0.114. The molecule has 11 nitrogen and oxygen atoms in total. The van der Waals surface area contributed by atoms with E-state index < -0.39 is 6.79 Å². The maximum atomic E-state index is 13.6. The van der Waals surface area contributed by atoms with Gasteiger partial charge in [-0.2, -0.15) is 4.98 Å². The van der Waals surface area contributed by atoms with Crippen LogP contribution in [0, 0.1) is 6.92 Å². The molecule has 2 amide bonds. The van der Waals surface area contributed by atoms with Gasteiger partial charge in [-0.05, 0) is 60.0 Å². The Kier molecular flexibility index (Phi) is 11.2. The molecule has 1 aromatic heterocycles. The van der Waals surface area contributed by atoms with Gasteiger partial charge in [-0.25, -0.2) is 0 Å². The van der Waals surface area contributed by atoms with Crippen LogP contribution < -0.4 is 5.32 Å². The zero-order valence-electron chi connectivity index (χ0n) is 27.4. The van der Waals surface area contributed by atoms with E-state index in [9.17, 15) is 9.59 Å². The molecular weight excluding hydrogens is 622 g/mol. The summed E-state index contributed by atoms with van der Waals surface area (Å²) in [6.07, 6.45) is 0. The molecule has 0 unspecified atom stereocenters. The Morgan fingerprint density at radius 2 is 1.49 bits per heavy atom. The predicted molar refractivity (Wildman–Crippen MR) is 185 cm³/mol. The van der Waals surface area contributed by atoms with Crippen molar-refractivity contribution < 1.29 is 28.7 Å². The Bertz CT molecular complexity index is 1820. The largest absolute Gasteiger partial charge is 0.379 e. The van der Waals surface area contributed by atoms with E-state index in [1.54, 1.807) is 29.2 Å². The van der Waals surface area contributed by atoms with Gasteiger partial charge in [-0.1, -0.05) is 71.4 Å². The SMILES string of the molecule is Cc1ccc(-c2ccc(-c3nc(-c4ccc(CN(CCOCO)C(=O)c5ccc(NC(=O)CN6CCOCC6)cc5)cc4)no3)cc2)cc1. The number of nitrogens with one attached hydrogen (secondary N) is 1. The van der Waals surface area contributed by atoms with Crippen molar-refractivity contribution >= 4 is 17.5 Å². The predicted octanol–water partition coefficient (Wildman–Crippen LogP) is 5.26. The number of hydrogen-bond donors (Lipinski definition) is 2. The number of rotatable bonds is 13. The van der Waals surface area contributed by atoms with E-state index in [0.29, 0.717) is 42.7 Å². The first-order valence-electron chi connectivity index (χ1n) is 16.2. The van der Waals surface area contributed by atoms with Crippen molar-refractivity contribution in [1.82, 2.24) is 19.9 Å². The van der Waals surface area contributed by atoms with E-state index in [1.807, 2.05) is 53.4 Å². The molecule has 0 bridgehead atoms. The zero-order valence-corrected chi connectivity index (χ0v) is 27.4. The van der Waals surface area contributed by atoms with Gasteiger partial charge in [-0.3, -0.25) is 14.5 Å². The van der Waals surface area contributed by atoms with Crippen LogP contribution in [-0.4, -0.2) is 89.7 Å². The quantitative estimate of drug-likeness (QED) is 0.128. The first kappa shape index (κ1) is 33.7. The van der Waals surface area contributed by atoms with Crippen molar-refractivity contribution in [3.05, 3.63) is 114 Å². The molecule has 49 heavy (non-hydrogen) atoms. The summed E-state index contributed by atoms with van der Waals surface area (Å²) in [4.78, 5) is 34.3. The second kappa shape index (κ2) is 16.3. The van der Waals surface area contributed by atoms with Crippen molar-refractivity contribution in [2.75, 3.05) is 58.1 Å². The van der Waals surface area contributed by atoms with Gasteiger partial charge < -0.3 is 29.3 Å². The smallest absolute Gasteiger partial charge is 0.258 e. The topological polar surface area (TPSA) is 130 Å². The van der Waals surface area contributed by atoms with Gasteiger partial charge in [0.1, 0.15) is 6.79 Å². The van der Waals surface area contributed by atoms with Crippen LogP contribution in [0.25, 0.3) is 34.0 Å². The van der Waals surface area contributed by atoms with Crippen LogP contribution in [0.3, 0.4) is 0 Å². The molecule has 5 aromatic rings. The Balaban J connectivity index is 1.08. The number of aliphatic hydroxyl groups excluding tert-OH is 1. The molecule has 2 heterocycles. The summed E-state index contributed by atoms with van der Waals surface area (Å²) in [5.74, 6) is 0.577. The van der Waals surface area contributed by atoms with Crippen LogP contribution in [0.15, 0.2) is 102 Å². The average molecular weight is 662 g/mol. The fraction of sp³-hybridized carbons (Fsp3) is 0.263. The van der Waals surface area contributed by atoms with Crippen LogP contribution in [0.5, 0.6) is 0 Å². The van der Waals surface area contributed by atoms with E-state index >= 15 is 0 Å². The summed E-state index contributed by atoms with van der Waals surface area (Å²) in [7, 11) is 0. The lowest BCUT2D eigenvalue weighted by Crippen LogP contribution is -2.41. The highest BCUT2D eigenvalue weighted by molar-refractivity contribution is 5.96. The molecule has 6 rings (SSSR count). The highest BCUT2D eigenvalue weighted by Crippen LogP contribution is 2.26. The number of aryl methyl sites for hydroxylation is 1. The van der Waals surface area contributed by atoms with Gasteiger partial charge in [0, 0.05) is 48.6 Å². The Morgan fingerprint density at radius 1 is 0.857 bits per heavy atom. The monoisotopic (exact) mass is 661 g/mol. The minimum atomic E-state index is -0.431. The normalized spacial score (nSPS) is 13.3. The summed E-state index contributed by atoms with van der Waals surface area (Å²) in [5, 5.41) is 16.2. The standard InChI is InChI=1S/C38H39N5O6/c1-27-2-6-29(7-3-27)30-10-12-32(13-11-30)37-40-36(41-49-37)31-8-4-28(5-9-31)24-43(20-23-48-26-44)38(46)33-14-16-34(17-15-33)39-35(45)25-42-18-21-47-22-19-42/h2-17,44H,18-26H2,1H3,(H,39,45). The fourth-order valence-corrected chi connectivity index (χ4v) is 5.52. The molecule has 0 aliphatic carbocycles. The molecule has 11 heteroatoms. The second-order valence-electron chi connectivity index (χ2n) is 11.8. The van der Waals surface area contributed by atoms with Gasteiger partial charge in [0.05, 0.1) is 26.4 Å². The molecule has 1 aliphatic rings. The molecule has 252 valence electrons. The van der Waals surface area contributed by atoms with E-state index in [-0.39, 0.29) is 31.5 Å². The number of carbonyl (C=O) groups is 2. The van der Waals surface area contributed by atoms with Gasteiger partial charge in [0.2, 0.25) is 11.7 Å². The lowest BCUT2D eigenvalue weighted by Gasteiger charge is -2.25. The number of aromatic nitrogens is 2. The molecule has 0 spiro atoms. The Morgan fingerprint density at radius 3 is 2.16 bits per heavy atom. The number of morpholine rings is 1. The van der Waals surface area contributed by atoms with Crippen LogP contribution >= 0.6 is 0 Å². The van der Waals surface area contributed by atoms with Crippen LogP contribution in [0.1, 0.15) is 21.5 Å². The van der Waals surface area contributed by atoms with Gasteiger partial charge >= 0.3 is 0 Å². The third kappa shape index (κ3) is 9.04. The number of aliphatic hydroxyl groups is 1. The third-order valence-electron chi connectivity index (χ3n) is 8.30. The van der Waals surface area contributed by atoms with Gasteiger partial charge in [0.25, 0.3) is 11.8 Å². The lowest BCUT2D eigenvalue weighted by molar-refractivity contribution is -0.118. The summed E-state index contributed by atoms with van der Waals surface area (Å²) >= 11 is 0. The summed E-state index contributed by atoms with van der Waals surface area (Å²) in [5.41, 5.74) is 7.05. The maximum absolute atomic E-state index is 13.6. The van der Waals surface area contributed by atoms with Crippen LogP contribution in [0.4, 0.5) is 5.69 Å². The van der Waals surface area contributed by atoms with Crippen molar-refractivity contribution in [3.63, 3.8) is 0 Å². The number of amides is 2. The molecule has 1 fully saturated rings. The molecular formula is C38H39N5O6. The minimum Gasteiger partial charge on any atom is -0.379 e. The van der Waals surface area contributed by atoms with Crippen LogP contribution in [0.2, 0.25) is 0 Å². The number of anilines is 1. The molecule has 0 atom stereocenters. The maximum Gasteiger partial charge on any atom is 0.258 e. The number of benzene rings is 4. The second-order valence-corrected chi connectivity index (χ2v) is 11.8. The first-order valence-corrected chi connectivity index (χ1v) is 16.2. The molecule has 1 aliphatic heterocycles. The number of ether oxygens (including phenoxy) is 2. The van der Waals surface area contributed by atoms with Gasteiger partial charge in [0.15, 0.2) is 0 Å². The summed E-state index contributed by atoms with van der Waals surface area (Å²) in [6.45, 7) is 5.39. The number of carbonyl (C=O) groups excluding carboxylic acids is 2. The Labute approximate surface area is 285 Å². The summed E-state index contributed by atoms with van der Waals surface area (Å²) in [6, 6.07) is 30.9. The Hall–Kier alpha value is -5.20. The first-order chi connectivity index (χ1) is 23.9. The molecule has 4 aromatic carbocycles. The van der Waals surface area contributed by atoms with E-state index in [2.05, 4.69) is 46.6 Å². The average Bonchev–Trinajstić information content (AvgIpc) is 3.63. The van der Waals surface area contributed by atoms with Crippen molar-refractivity contribution in [2.45, 2.75) is 13.5 Å². The highest BCUT2D eigenvalue weighted by Gasteiger charge is 2.18. The van der Waals surface area contributed by atoms with Crippen LogP contribution in [-0.2, 0) is 20.8 Å². The summed E-state index contributed by atoms with van der Waals surface area (Å²) < 4.78 is 16.1. The number of nitrogens with zero attached hydrogens (tertiary/aromatic N) is 4. The molecule has 1 saturated heterocycles. The van der Waals surface area contributed by atoms with E-state index in [1.165, 1.54) is 5.56 Å². The fourth-order valence-electron chi connectivity index (χ4n) is 5.52. The molecule has 2 N–H and O–H groups in total.